The van der Waals surface area contributed by atoms with E-state index >= 15 is 0 Å². The number of isothiocyanates is 1. The van der Waals surface area contributed by atoms with Crippen molar-refractivity contribution in [3.05, 3.63) is 176 Å². The third kappa shape index (κ3) is 11.3. The summed E-state index contributed by atoms with van der Waals surface area (Å²) in [4.78, 5) is 22.0. The number of para-hydroxylation sites is 2. The fourth-order valence-corrected chi connectivity index (χ4v) is 7.89. The van der Waals surface area contributed by atoms with Gasteiger partial charge in [-0.15, -0.1) is 22.7 Å². The molecule has 0 aliphatic heterocycles. The van der Waals surface area contributed by atoms with Crippen LogP contribution in [-0.4, -0.2) is 49.6 Å². The van der Waals surface area contributed by atoms with E-state index in [1.165, 1.54) is 5.56 Å². The minimum atomic E-state index is 0.746. The van der Waals surface area contributed by atoms with Crippen LogP contribution in [0.15, 0.2) is 176 Å². The zero-order chi connectivity index (χ0) is 42.4. The predicted molar refractivity (Wildman–Crippen MR) is 259 cm³/mol. The number of rotatable bonds is 6. The maximum Gasteiger partial charge on any atom is 0.126 e. The molecule has 11 nitrogen and oxygen atoms in total. The van der Waals surface area contributed by atoms with Gasteiger partial charge in [-0.05, 0) is 111 Å². The van der Waals surface area contributed by atoms with Crippen LogP contribution in [0, 0.1) is 6.92 Å². The zero-order valence-electron chi connectivity index (χ0n) is 32.9. The zero-order valence-corrected chi connectivity index (χ0v) is 36.2. The van der Waals surface area contributed by atoms with Gasteiger partial charge < -0.3 is 11.1 Å². The van der Waals surface area contributed by atoms with Crippen molar-refractivity contribution in [3.8, 4) is 32.5 Å². The van der Waals surface area contributed by atoms with Gasteiger partial charge in [0.05, 0.1) is 47.6 Å². The summed E-state index contributed by atoms with van der Waals surface area (Å²) in [7, 11) is 0. The highest BCUT2D eigenvalue weighted by Crippen LogP contribution is 2.34. The van der Waals surface area contributed by atoms with Gasteiger partial charge in [-0.2, -0.15) is 15.2 Å². The van der Waals surface area contributed by atoms with Crippen molar-refractivity contribution in [2.45, 2.75) is 13.8 Å². The van der Waals surface area contributed by atoms with Crippen molar-refractivity contribution >= 4 is 94.8 Å². The Balaban J connectivity index is 0.000000124. The van der Waals surface area contributed by atoms with E-state index in [1.807, 2.05) is 133 Å². The second kappa shape index (κ2) is 20.7. The second-order valence-electron chi connectivity index (χ2n) is 13.0. The molecule has 4 aromatic carbocycles. The Hall–Kier alpha value is -7.13. The number of nitrogens with one attached hydrogen (secondary N) is 1. The van der Waals surface area contributed by atoms with Crippen LogP contribution >= 0.6 is 47.1 Å². The topological polar surface area (TPSA) is 138 Å². The maximum absolute atomic E-state index is 5.93. The van der Waals surface area contributed by atoms with Crippen molar-refractivity contribution in [1.82, 2.24) is 39.5 Å². The van der Waals surface area contributed by atoms with Crippen molar-refractivity contribution in [2.75, 3.05) is 11.1 Å². The molecule has 0 amide bonds. The minimum Gasteiger partial charge on any atom is -0.398 e. The third-order valence-corrected chi connectivity index (χ3v) is 10.9. The molecule has 0 radical (unpaired) electrons. The number of anilines is 2. The second-order valence-corrected chi connectivity index (χ2v) is 15.9. The Morgan fingerprint density at radius 1 is 0.656 bits per heavy atom. The lowest BCUT2D eigenvalue weighted by atomic mass is 10.2. The Bertz CT molecular complexity index is 2940. The first-order chi connectivity index (χ1) is 29.8. The van der Waals surface area contributed by atoms with Crippen molar-refractivity contribution in [1.29, 1.82) is 0 Å². The molecule has 0 saturated carbocycles. The summed E-state index contributed by atoms with van der Waals surface area (Å²) in [5.74, 6) is 0. The maximum atomic E-state index is 5.93. The van der Waals surface area contributed by atoms with E-state index in [2.05, 4.69) is 89.0 Å². The fraction of sp³-hybridized carbons (Fsp3) is 0.0435. The van der Waals surface area contributed by atoms with E-state index in [9.17, 15) is 0 Å². The summed E-state index contributed by atoms with van der Waals surface area (Å²) in [6.45, 7) is 3.95. The predicted octanol–water partition coefficient (Wildman–Crippen LogP) is 11.8. The Labute approximate surface area is 371 Å². The molecule has 10 aromatic rings. The SMILES string of the molecule is CC(=S)Nc1ccccc1-c1nc2ccncc2s1.Cc1ccc(-n2cccn2)cc1.Nc1ccccc1-c1nc2ccncc2s1.S=C=Nc1ccc(-n2cccn2)cc1. The van der Waals surface area contributed by atoms with Gasteiger partial charge in [0.1, 0.15) is 10.0 Å². The van der Waals surface area contributed by atoms with E-state index in [-0.39, 0.29) is 0 Å². The lowest BCUT2D eigenvalue weighted by molar-refractivity contribution is 0.880. The molecule has 0 saturated heterocycles. The molecule has 6 aromatic heterocycles. The summed E-state index contributed by atoms with van der Waals surface area (Å²) in [5.41, 5.74) is 15.8. The molecule has 0 fully saturated rings. The molecular weight excluding hydrogens is 835 g/mol. The van der Waals surface area contributed by atoms with Gasteiger partial charge in [0.15, 0.2) is 0 Å². The number of nitrogens with zero attached hydrogens (tertiary/aromatic N) is 9. The average molecular weight is 872 g/mol. The van der Waals surface area contributed by atoms with Crippen molar-refractivity contribution in [2.24, 2.45) is 4.99 Å². The monoisotopic (exact) mass is 871 g/mol. The lowest BCUT2D eigenvalue weighted by Crippen LogP contribution is -2.04. The van der Waals surface area contributed by atoms with Gasteiger partial charge in [-0.1, -0.05) is 54.2 Å². The molecule has 0 spiro atoms. The molecule has 0 bridgehead atoms. The van der Waals surface area contributed by atoms with E-state index < -0.39 is 0 Å². The summed E-state index contributed by atoms with van der Waals surface area (Å²) in [6, 6.07) is 39.3. The van der Waals surface area contributed by atoms with Crippen molar-refractivity contribution < 1.29 is 0 Å². The first kappa shape index (κ1) is 42.0. The molecule has 6 heterocycles. The van der Waals surface area contributed by atoms with E-state index in [1.54, 1.807) is 52.1 Å². The molecule has 300 valence electrons. The molecule has 15 heteroatoms. The van der Waals surface area contributed by atoms with Gasteiger partial charge in [-0.3, -0.25) is 9.97 Å². The third-order valence-electron chi connectivity index (χ3n) is 8.64. The van der Waals surface area contributed by atoms with E-state index in [0.29, 0.717) is 0 Å². The van der Waals surface area contributed by atoms with Crippen LogP contribution in [0.5, 0.6) is 0 Å². The Kier molecular flexibility index (Phi) is 14.3. The van der Waals surface area contributed by atoms with Gasteiger partial charge in [0.2, 0.25) is 0 Å². The lowest BCUT2D eigenvalue weighted by Gasteiger charge is -2.08. The van der Waals surface area contributed by atoms with Gasteiger partial charge >= 0.3 is 0 Å². The highest BCUT2D eigenvalue weighted by Gasteiger charge is 2.11. The molecule has 0 aliphatic carbocycles. The van der Waals surface area contributed by atoms with Gasteiger partial charge in [0, 0.05) is 72.1 Å². The van der Waals surface area contributed by atoms with Crippen LogP contribution < -0.4 is 11.1 Å². The number of benzene rings is 4. The normalized spacial score (nSPS) is 10.3. The van der Waals surface area contributed by atoms with Crippen LogP contribution in [-0.2, 0) is 0 Å². The number of aliphatic imine (C=N–C) groups is 1. The molecule has 10 rings (SSSR count). The number of hydrogen-bond acceptors (Lipinski definition) is 12. The highest BCUT2D eigenvalue weighted by molar-refractivity contribution is 7.80. The molecule has 0 atom stereocenters. The van der Waals surface area contributed by atoms with Crippen LogP contribution in [0.25, 0.3) is 53.0 Å². The largest absolute Gasteiger partial charge is 0.398 e. The first-order valence-electron chi connectivity index (χ1n) is 18.7. The summed E-state index contributed by atoms with van der Waals surface area (Å²) in [6.07, 6.45) is 14.5. The standard InChI is InChI=1S/C14H11N3S2.C12H9N3S.C10H7N3S.C10H10N2/c1-9(18)16-11-5-3-2-4-10(11)14-17-12-6-7-15-8-13(12)19-14;13-9-4-2-1-3-8(9)12-15-10-5-6-14-7-11(10)16-12;14-8-11-9-2-4-10(5-3-9)13-7-1-6-12-13;1-9-3-5-10(6-4-9)12-8-2-7-11-12/h2-8H,1H3,(H,16,18);1-7H,13H2;1-7H;2-8H,1H3. The van der Waals surface area contributed by atoms with Gasteiger partial charge in [-0.25, -0.2) is 19.3 Å². The summed E-state index contributed by atoms with van der Waals surface area (Å²) in [5, 5.41) is 15.7. The number of nitrogen functional groups attached to an aromatic ring is 1. The fourth-order valence-electron chi connectivity index (χ4n) is 5.72. The number of aryl methyl sites for hydroxylation is 1. The van der Waals surface area contributed by atoms with E-state index in [4.69, 9.17) is 18.0 Å². The number of pyridine rings is 2. The van der Waals surface area contributed by atoms with Crippen LogP contribution in [0.3, 0.4) is 0 Å². The Morgan fingerprint density at radius 2 is 1.18 bits per heavy atom. The van der Waals surface area contributed by atoms with Crippen LogP contribution in [0.2, 0.25) is 0 Å². The molecular formula is C46H37N11S4. The van der Waals surface area contributed by atoms with Crippen molar-refractivity contribution in [3.63, 3.8) is 0 Å². The summed E-state index contributed by atoms with van der Waals surface area (Å²) < 4.78 is 5.80. The average Bonchev–Trinajstić information content (AvgIpc) is 4.13. The first-order valence-corrected chi connectivity index (χ1v) is 21.2. The van der Waals surface area contributed by atoms with Gasteiger partial charge in [0.25, 0.3) is 0 Å². The Morgan fingerprint density at radius 3 is 1.69 bits per heavy atom. The number of fused-ring (bicyclic) bond motifs is 2. The van der Waals surface area contributed by atoms with Crippen LogP contribution in [0.4, 0.5) is 17.1 Å². The molecule has 0 unspecified atom stereocenters. The molecule has 0 aliphatic rings. The number of hydrogen-bond donors (Lipinski definition) is 2. The number of thiocarbonyl (C=S) groups is 2. The minimum absolute atomic E-state index is 0.746. The smallest absolute Gasteiger partial charge is 0.126 e. The molecule has 3 N–H and O–H groups in total. The number of thiazole rings is 2. The number of nitrogens with two attached hydrogens (primary N) is 1. The quantitative estimate of drug-likeness (QED) is 0.0943. The molecule has 61 heavy (non-hydrogen) atoms. The number of aromatic nitrogens is 8. The highest BCUT2D eigenvalue weighted by atomic mass is 32.1. The van der Waals surface area contributed by atoms with E-state index in [0.717, 1.165) is 75.0 Å². The summed E-state index contributed by atoms with van der Waals surface area (Å²) >= 11 is 12.9. The van der Waals surface area contributed by atoms with Crippen LogP contribution in [0.1, 0.15) is 12.5 Å².